The van der Waals surface area contributed by atoms with Crippen LogP contribution in [0.3, 0.4) is 0 Å². The van der Waals surface area contributed by atoms with Crippen LogP contribution in [0.4, 0.5) is 0 Å². The molecule has 2 heterocycles. The summed E-state index contributed by atoms with van der Waals surface area (Å²) in [5.74, 6) is 0.796. The zero-order valence-corrected chi connectivity index (χ0v) is 17.6. The summed E-state index contributed by atoms with van der Waals surface area (Å²) in [6.07, 6.45) is 1.56. The van der Waals surface area contributed by atoms with Crippen LogP contribution in [0.5, 0.6) is 11.5 Å². The van der Waals surface area contributed by atoms with Gasteiger partial charge in [-0.1, -0.05) is 30.3 Å². The number of nitrogens with zero attached hydrogens (tertiary/aromatic N) is 1. The van der Waals surface area contributed by atoms with E-state index in [-0.39, 0.29) is 30.6 Å². The topological polar surface area (TPSA) is 84.9 Å². The van der Waals surface area contributed by atoms with Gasteiger partial charge in [0.15, 0.2) is 12.4 Å². The average Bonchev–Trinajstić information content (AvgIpc) is 2.77. The summed E-state index contributed by atoms with van der Waals surface area (Å²) >= 11 is 0. The molecule has 7 nitrogen and oxygen atoms in total. The molecule has 0 atom stereocenters. The minimum atomic E-state index is -0.546. The molecule has 2 aliphatic heterocycles. The molecule has 2 aromatic carbocycles. The highest BCUT2D eigenvalue weighted by molar-refractivity contribution is 6.00. The van der Waals surface area contributed by atoms with E-state index in [0.717, 1.165) is 5.56 Å². The fourth-order valence-electron chi connectivity index (χ4n) is 4.07. The van der Waals surface area contributed by atoms with Gasteiger partial charge in [-0.05, 0) is 23.8 Å². The van der Waals surface area contributed by atoms with E-state index in [4.69, 9.17) is 9.47 Å². The van der Waals surface area contributed by atoms with Crippen molar-refractivity contribution >= 4 is 17.6 Å². The number of rotatable bonds is 5. The summed E-state index contributed by atoms with van der Waals surface area (Å²) in [5.41, 5.74) is 0.938. The largest absolute Gasteiger partial charge is 0.486 e. The Bertz CT molecular complexity index is 981. The summed E-state index contributed by atoms with van der Waals surface area (Å²) in [7, 11) is 0. The van der Waals surface area contributed by atoms with Crippen LogP contribution in [0.2, 0.25) is 0 Å². The molecule has 0 bridgehead atoms. The first kappa shape index (κ1) is 20.9. The number of amides is 2. The smallest absolute Gasteiger partial charge is 0.258 e. The lowest BCUT2D eigenvalue weighted by atomic mass is 9.82. The first-order chi connectivity index (χ1) is 14.9. The second-order valence-electron chi connectivity index (χ2n) is 8.10. The Morgan fingerprint density at radius 3 is 2.58 bits per heavy atom. The highest BCUT2D eigenvalue weighted by atomic mass is 16.5. The molecule has 2 aromatic rings. The fourth-order valence-corrected chi connectivity index (χ4v) is 4.07. The monoisotopic (exact) mass is 422 g/mol. The van der Waals surface area contributed by atoms with Gasteiger partial charge in [0.1, 0.15) is 17.1 Å². The van der Waals surface area contributed by atoms with Crippen LogP contribution in [-0.4, -0.2) is 47.8 Å². The van der Waals surface area contributed by atoms with Crippen LogP contribution in [-0.2, 0) is 16.1 Å². The molecule has 2 aliphatic rings. The van der Waals surface area contributed by atoms with Crippen LogP contribution >= 0.6 is 0 Å². The molecule has 1 N–H and O–H groups in total. The molecule has 7 heteroatoms. The quantitative estimate of drug-likeness (QED) is 0.801. The van der Waals surface area contributed by atoms with Crippen molar-refractivity contribution in [3.05, 3.63) is 59.7 Å². The molecular formula is C24H26N2O5. The van der Waals surface area contributed by atoms with Crippen molar-refractivity contribution in [3.8, 4) is 11.5 Å². The number of fused-ring (bicyclic) bond motifs is 1. The lowest BCUT2D eigenvalue weighted by Crippen LogP contribution is -2.51. The molecule has 1 fully saturated rings. The van der Waals surface area contributed by atoms with Crippen LogP contribution < -0.4 is 14.8 Å². The van der Waals surface area contributed by atoms with Crippen molar-refractivity contribution in [1.82, 2.24) is 10.2 Å². The van der Waals surface area contributed by atoms with Gasteiger partial charge in [0.2, 0.25) is 5.91 Å². The third-order valence-electron chi connectivity index (χ3n) is 5.88. The maximum Gasteiger partial charge on any atom is 0.258 e. The number of hydrogen-bond acceptors (Lipinski definition) is 5. The van der Waals surface area contributed by atoms with Crippen molar-refractivity contribution in [2.75, 3.05) is 19.7 Å². The minimum absolute atomic E-state index is 0.00324. The molecule has 4 rings (SSSR count). The van der Waals surface area contributed by atoms with E-state index >= 15 is 0 Å². The van der Waals surface area contributed by atoms with Gasteiger partial charge in [0, 0.05) is 39.4 Å². The van der Waals surface area contributed by atoms with Gasteiger partial charge in [0.25, 0.3) is 5.91 Å². The number of ketones is 1. The second-order valence-corrected chi connectivity index (χ2v) is 8.10. The number of Topliss-reactive ketones (excluding diaryl/α,β-unsaturated/α-hetero) is 1. The lowest BCUT2D eigenvalue weighted by molar-refractivity contribution is -0.132. The van der Waals surface area contributed by atoms with Gasteiger partial charge >= 0.3 is 0 Å². The number of benzene rings is 2. The number of ether oxygens (including phenoxy) is 2. The molecule has 162 valence electrons. The maximum absolute atomic E-state index is 12.8. The van der Waals surface area contributed by atoms with Gasteiger partial charge in [0.05, 0.1) is 12.0 Å². The molecule has 1 saturated heterocycles. The number of carbonyl (C=O) groups excluding carboxylic acids is 3. The van der Waals surface area contributed by atoms with E-state index in [0.29, 0.717) is 49.5 Å². The summed E-state index contributed by atoms with van der Waals surface area (Å²) in [6, 6.07) is 14.7. The van der Waals surface area contributed by atoms with Crippen LogP contribution in [0.25, 0.3) is 0 Å². The normalized spacial score (nSPS) is 16.9. The predicted octanol–water partition coefficient (Wildman–Crippen LogP) is 2.73. The third-order valence-corrected chi connectivity index (χ3v) is 5.88. The van der Waals surface area contributed by atoms with Crippen LogP contribution in [0, 0.1) is 0 Å². The Balaban J connectivity index is 1.34. The van der Waals surface area contributed by atoms with E-state index in [2.05, 4.69) is 5.32 Å². The van der Waals surface area contributed by atoms with Gasteiger partial charge in [-0.15, -0.1) is 0 Å². The van der Waals surface area contributed by atoms with Crippen molar-refractivity contribution < 1.29 is 23.9 Å². The van der Waals surface area contributed by atoms with E-state index in [9.17, 15) is 14.4 Å². The molecule has 0 aromatic heterocycles. The van der Waals surface area contributed by atoms with Crippen LogP contribution in [0.15, 0.2) is 48.5 Å². The van der Waals surface area contributed by atoms with E-state index in [1.807, 2.05) is 30.3 Å². The summed E-state index contributed by atoms with van der Waals surface area (Å²) in [4.78, 5) is 38.2. The zero-order chi connectivity index (χ0) is 21.8. The van der Waals surface area contributed by atoms with Crippen LogP contribution in [0.1, 0.15) is 42.1 Å². The van der Waals surface area contributed by atoms with Crippen molar-refractivity contribution in [2.24, 2.45) is 0 Å². The molecule has 1 spiro atoms. The standard InChI is InChI=1S/C24H26N2O5/c1-17(27)26-11-9-24(10-12-26)14-21(28)20-13-19(7-8-22(20)31-24)30-16-23(29)25-15-18-5-3-2-4-6-18/h2-8,13H,9-12,14-16H2,1H3,(H,25,29). The average molecular weight is 422 g/mol. The fraction of sp³-hybridized carbons (Fsp3) is 0.375. The van der Waals surface area contributed by atoms with Gasteiger partial charge < -0.3 is 19.7 Å². The highest BCUT2D eigenvalue weighted by Crippen LogP contribution is 2.40. The summed E-state index contributed by atoms with van der Waals surface area (Å²) in [5, 5.41) is 2.81. The number of hydrogen-bond donors (Lipinski definition) is 1. The van der Waals surface area contributed by atoms with E-state index in [1.165, 1.54) is 0 Å². The summed E-state index contributed by atoms with van der Waals surface area (Å²) in [6.45, 7) is 3.05. The Morgan fingerprint density at radius 2 is 1.87 bits per heavy atom. The van der Waals surface area contributed by atoms with E-state index in [1.54, 1.807) is 30.0 Å². The van der Waals surface area contributed by atoms with Gasteiger partial charge in [-0.2, -0.15) is 0 Å². The van der Waals surface area contributed by atoms with Crippen molar-refractivity contribution in [1.29, 1.82) is 0 Å². The highest BCUT2D eigenvalue weighted by Gasteiger charge is 2.43. The predicted molar refractivity (Wildman–Crippen MR) is 114 cm³/mol. The minimum Gasteiger partial charge on any atom is -0.486 e. The summed E-state index contributed by atoms with van der Waals surface area (Å²) < 4.78 is 11.8. The molecule has 0 unspecified atom stereocenters. The number of piperidine rings is 1. The SMILES string of the molecule is CC(=O)N1CCC2(CC1)CC(=O)c1cc(OCC(=O)NCc3ccccc3)ccc1O2. The molecule has 31 heavy (non-hydrogen) atoms. The first-order valence-electron chi connectivity index (χ1n) is 10.5. The Hall–Kier alpha value is -3.35. The van der Waals surface area contributed by atoms with Gasteiger partial charge in [-0.3, -0.25) is 14.4 Å². The van der Waals surface area contributed by atoms with Crippen molar-refractivity contribution in [3.63, 3.8) is 0 Å². The molecule has 0 saturated carbocycles. The molecule has 0 aliphatic carbocycles. The Labute approximate surface area is 181 Å². The molecular weight excluding hydrogens is 396 g/mol. The number of nitrogens with one attached hydrogen (secondary N) is 1. The zero-order valence-electron chi connectivity index (χ0n) is 17.6. The second kappa shape index (κ2) is 8.79. The first-order valence-corrected chi connectivity index (χ1v) is 10.5. The maximum atomic E-state index is 12.8. The third kappa shape index (κ3) is 4.87. The number of likely N-dealkylation sites (tertiary alicyclic amines) is 1. The number of carbonyl (C=O) groups is 3. The van der Waals surface area contributed by atoms with Crippen molar-refractivity contribution in [2.45, 2.75) is 38.3 Å². The molecule has 2 amide bonds. The Morgan fingerprint density at radius 1 is 1.13 bits per heavy atom. The van der Waals surface area contributed by atoms with Gasteiger partial charge in [-0.25, -0.2) is 0 Å². The lowest BCUT2D eigenvalue weighted by Gasteiger charge is -2.43. The Kier molecular flexibility index (Phi) is 5.93. The molecule has 0 radical (unpaired) electrons. The van der Waals surface area contributed by atoms with E-state index < -0.39 is 5.60 Å².